The Bertz CT molecular complexity index is 837. The topological polar surface area (TPSA) is 55.7 Å². The molecule has 0 unspecified atom stereocenters. The number of hydrogen-bond donors (Lipinski definition) is 0. The second-order valence-electron chi connectivity index (χ2n) is 8.36. The van der Waals surface area contributed by atoms with Crippen molar-refractivity contribution in [1.82, 2.24) is 0 Å². The monoisotopic (exact) mass is 591 g/mol. The van der Waals surface area contributed by atoms with Crippen LogP contribution in [0.4, 0.5) is 0 Å². The number of aliphatic imine (C=N–C) groups is 1. The first kappa shape index (κ1) is 27.1. The van der Waals surface area contributed by atoms with E-state index in [4.69, 9.17) is 9.73 Å². The maximum atomic E-state index is 11.7. The average molecular weight is 591 g/mol. The second kappa shape index (κ2) is 11.3. The summed E-state index contributed by atoms with van der Waals surface area (Å²) in [5, 5.41) is 0. The summed E-state index contributed by atoms with van der Waals surface area (Å²) in [4.78, 5) is 5.12. The molecular weight excluding hydrogens is 565 g/mol. The van der Waals surface area contributed by atoms with E-state index in [1.54, 1.807) is 12.1 Å². The third kappa shape index (κ3) is 7.18. The quantitative estimate of drug-likeness (QED) is 0.374. The Labute approximate surface area is 212 Å². The molecule has 0 aromatic heterocycles. The normalized spacial score (nSPS) is 23.0. The molecule has 164 valence electrons. The first-order valence-corrected chi connectivity index (χ1v) is 12.7. The van der Waals surface area contributed by atoms with Crippen LogP contribution in [0.15, 0.2) is 34.2 Å². The van der Waals surface area contributed by atoms with E-state index < -0.39 is 9.84 Å². The fraction of sp³-hybridized carbons (Fsp3) is 0.292. The van der Waals surface area contributed by atoms with E-state index in [0.29, 0.717) is 17.4 Å². The first-order chi connectivity index (χ1) is 14.1. The molecule has 2 aliphatic carbocycles. The maximum Gasteiger partial charge on any atom is 2.00 e. The van der Waals surface area contributed by atoms with Crippen LogP contribution >= 0.6 is 22.6 Å². The van der Waals surface area contributed by atoms with Gasteiger partial charge in [-0.15, -0.1) is 0 Å². The fourth-order valence-corrected chi connectivity index (χ4v) is 4.40. The molecule has 31 heavy (non-hydrogen) atoms. The number of ether oxygens (including phenoxy) is 1. The minimum atomic E-state index is -3.20. The zero-order valence-corrected chi connectivity index (χ0v) is 22.0. The molecule has 1 atom stereocenters. The Kier molecular flexibility index (Phi) is 9.93. The Hall–Kier alpha value is -0.111. The molecular formula is C24H26FeINO3S+2. The summed E-state index contributed by atoms with van der Waals surface area (Å²) in [5.74, 6) is 2.67. The average Bonchev–Trinajstić information content (AvgIpc) is 3.43. The molecule has 1 heterocycles. The minimum Gasteiger partial charge on any atom is -0.478 e. The second-order valence-corrected chi connectivity index (χ2v) is 11.5. The van der Waals surface area contributed by atoms with E-state index in [1.807, 2.05) is 57.1 Å². The van der Waals surface area contributed by atoms with Crippen molar-refractivity contribution in [3.63, 3.8) is 0 Å². The van der Waals surface area contributed by atoms with Crippen LogP contribution in [-0.4, -0.2) is 33.2 Å². The Balaban J connectivity index is 0.000000501. The van der Waals surface area contributed by atoms with Gasteiger partial charge in [-0.05, 0) is 68.1 Å². The Morgan fingerprint density at radius 3 is 2.00 bits per heavy atom. The van der Waals surface area contributed by atoms with Crippen LogP contribution < -0.4 is 0 Å². The van der Waals surface area contributed by atoms with Crippen molar-refractivity contribution in [2.24, 2.45) is 10.4 Å². The molecule has 2 fully saturated rings. The zero-order chi connectivity index (χ0) is 21.9. The molecule has 1 aromatic rings. The van der Waals surface area contributed by atoms with Crippen LogP contribution in [0.5, 0.6) is 0 Å². The summed E-state index contributed by atoms with van der Waals surface area (Å²) < 4.78 is 30.3. The SMILES string of the molecule is CC(C)(C)[C@H]1COC([C]2[C](I)[CH][CH][C]2c2ccc(S(C)(=O)=O)cc2)=N1.[CH]1[CH][CH][CH][CH]1.[Fe+2]. The molecule has 0 N–H and O–H groups in total. The largest absolute Gasteiger partial charge is 2.00 e. The van der Waals surface area contributed by atoms with Crippen molar-refractivity contribution < 1.29 is 30.2 Å². The van der Waals surface area contributed by atoms with Crippen molar-refractivity contribution in [1.29, 1.82) is 0 Å². The molecule has 10 radical (unpaired) electrons. The van der Waals surface area contributed by atoms with Gasteiger partial charge in [0, 0.05) is 12.2 Å². The first-order valence-electron chi connectivity index (χ1n) is 9.70. The van der Waals surface area contributed by atoms with Gasteiger partial charge in [0.15, 0.2) is 15.7 Å². The predicted octanol–water partition coefficient (Wildman–Crippen LogP) is 4.84. The smallest absolute Gasteiger partial charge is 0.478 e. The maximum absolute atomic E-state index is 11.7. The van der Waals surface area contributed by atoms with Gasteiger partial charge in [0.05, 0.1) is 20.8 Å². The molecule has 4 nitrogen and oxygen atoms in total. The number of sulfone groups is 1. The standard InChI is InChI=1S/C19H21INO3S.C5H5.Fe/c1-19(2,3)16-11-24-18(21-16)17-14(9-10-15(17)20)12-5-7-13(8-6-12)25(4,22)23;1-2-4-5-3-1;/h5-10,16H,11H2,1-4H3;1-5H;/q;;+2/t16-;;/m1../s1. The van der Waals surface area contributed by atoms with Crippen LogP contribution in [0.3, 0.4) is 0 Å². The van der Waals surface area contributed by atoms with Crippen LogP contribution in [-0.2, 0) is 31.6 Å². The van der Waals surface area contributed by atoms with Gasteiger partial charge in [0.1, 0.15) is 6.61 Å². The number of rotatable bonds is 3. The van der Waals surface area contributed by atoms with Gasteiger partial charge in [-0.3, -0.25) is 0 Å². The third-order valence-electron chi connectivity index (χ3n) is 4.92. The molecule has 1 aromatic carbocycles. The van der Waals surface area contributed by atoms with Crippen molar-refractivity contribution in [2.45, 2.75) is 31.7 Å². The van der Waals surface area contributed by atoms with Crippen molar-refractivity contribution in [2.75, 3.05) is 12.9 Å². The van der Waals surface area contributed by atoms with Crippen LogP contribution in [0.25, 0.3) is 0 Å². The van der Waals surface area contributed by atoms with Gasteiger partial charge >= 0.3 is 17.1 Å². The molecule has 0 amide bonds. The van der Waals surface area contributed by atoms with E-state index in [0.717, 1.165) is 21.3 Å². The predicted molar refractivity (Wildman–Crippen MR) is 129 cm³/mol. The van der Waals surface area contributed by atoms with Gasteiger partial charge in [-0.1, -0.05) is 55.5 Å². The van der Waals surface area contributed by atoms with E-state index in [2.05, 4.69) is 43.4 Å². The fourth-order valence-electron chi connectivity index (χ4n) is 3.07. The summed E-state index contributed by atoms with van der Waals surface area (Å²) >= 11 is 2.29. The molecule has 4 rings (SSSR count). The molecule has 2 saturated carbocycles. The summed E-state index contributed by atoms with van der Waals surface area (Å²) in [6, 6.07) is 7.09. The number of benzene rings is 1. The van der Waals surface area contributed by atoms with E-state index >= 15 is 0 Å². The van der Waals surface area contributed by atoms with Gasteiger partial charge in [0.2, 0.25) is 0 Å². The van der Waals surface area contributed by atoms with Crippen LogP contribution in [0.2, 0.25) is 0 Å². The molecule has 0 spiro atoms. The number of nitrogens with zero attached hydrogens (tertiary/aromatic N) is 1. The van der Waals surface area contributed by atoms with Crippen molar-refractivity contribution >= 4 is 38.3 Å². The van der Waals surface area contributed by atoms with Gasteiger partial charge < -0.3 is 4.74 Å². The van der Waals surface area contributed by atoms with Gasteiger partial charge in [-0.25, -0.2) is 13.4 Å². The summed E-state index contributed by atoms with van der Waals surface area (Å²) in [6.45, 7) is 7.07. The van der Waals surface area contributed by atoms with Crippen LogP contribution in [0.1, 0.15) is 26.3 Å². The number of halogens is 1. The summed E-state index contributed by atoms with van der Waals surface area (Å²) in [5.41, 5.74) is 1.01. The molecule has 1 aliphatic heterocycles. The van der Waals surface area contributed by atoms with Crippen molar-refractivity contribution in [3.05, 3.63) is 90.5 Å². The Morgan fingerprint density at radius 2 is 1.55 bits per heavy atom. The van der Waals surface area contributed by atoms with Gasteiger partial charge in [0.25, 0.3) is 0 Å². The van der Waals surface area contributed by atoms with Crippen molar-refractivity contribution in [3.8, 4) is 0 Å². The molecule has 3 aliphatic rings. The summed E-state index contributed by atoms with van der Waals surface area (Å²) in [6.07, 6.45) is 15.3. The third-order valence-corrected chi connectivity index (χ3v) is 6.95. The van der Waals surface area contributed by atoms with E-state index in [9.17, 15) is 8.42 Å². The molecule has 0 bridgehead atoms. The summed E-state index contributed by atoms with van der Waals surface area (Å²) in [7, 11) is -3.20. The van der Waals surface area contributed by atoms with Crippen LogP contribution in [0, 0.1) is 66.1 Å². The van der Waals surface area contributed by atoms with E-state index in [-0.39, 0.29) is 28.5 Å². The van der Waals surface area contributed by atoms with Gasteiger partial charge in [-0.2, -0.15) is 0 Å². The zero-order valence-electron chi connectivity index (χ0n) is 17.9. The number of hydrogen-bond acceptors (Lipinski definition) is 4. The molecule has 0 saturated heterocycles. The molecule has 7 heteroatoms. The Morgan fingerprint density at radius 1 is 1.00 bits per heavy atom. The minimum absolute atomic E-state index is 0. The van der Waals surface area contributed by atoms with E-state index in [1.165, 1.54) is 6.26 Å².